The number of nitrogens with one attached hydrogen (secondary N) is 1. The Balaban J connectivity index is 1.89. The van der Waals surface area contributed by atoms with Crippen LogP contribution >= 0.6 is 0 Å². The number of guanidine groups is 1. The van der Waals surface area contributed by atoms with Gasteiger partial charge in [0.25, 0.3) is 0 Å². The van der Waals surface area contributed by atoms with Gasteiger partial charge in [-0.25, -0.2) is 0 Å². The van der Waals surface area contributed by atoms with Crippen LogP contribution in [0.3, 0.4) is 0 Å². The number of nitrogens with zero attached hydrogens (tertiary/aromatic N) is 2. The maximum Gasteiger partial charge on any atom is 0.310 e. The van der Waals surface area contributed by atoms with Crippen molar-refractivity contribution in [2.45, 2.75) is 26.7 Å². The third-order valence-corrected chi connectivity index (χ3v) is 4.79. The van der Waals surface area contributed by atoms with Gasteiger partial charge in [0.15, 0.2) is 5.96 Å². The maximum atomic E-state index is 11.9. The summed E-state index contributed by atoms with van der Waals surface area (Å²) < 4.78 is 10.1. The van der Waals surface area contributed by atoms with Gasteiger partial charge in [-0.1, -0.05) is 19.1 Å². The molecule has 2 atom stereocenters. The van der Waals surface area contributed by atoms with Crippen molar-refractivity contribution in [3.05, 3.63) is 29.8 Å². The van der Waals surface area contributed by atoms with Crippen LogP contribution in [0.25, 0.3) is 0 Å². The molecule has 1 saturated heterocycles. The van der Waals surface area contributed by atoms with Crippen LogP contribution in [0.15, 0.2) is 29.3 Å². The van der Waals surface area contributed by atoms with Crippen molar-refractivity contribution < 1.29 is 14.3 Å². The second-order valence-corrected chi connectivity index (χ2v) is 6.70. The topological polar surface area (TPSA) is 63.2 Å². The van der Waals surface area contributed by atoms with Crippen molar-refractivity contribution >= 4 is 11.9 Å². The summed E-state index contributed by atoms with van der Waals surface area (Å²) in [5.41, 5.74) is 1.28. The number of aliphatic imine (C=N–C) groups is 1. The number of ether oxygens (including phenoxy) is 2. The van der Waals surface area contributed by atoms with E-state index in [1.54, 1.807) is 7.11 Å². The Morgan fingerprint density at radius 2 is 2.00 bits per heavy atom. The fourth-order valence-corrected chi connectivity index (χ4v) is 3.28. The molecule has 0 amide bonds. The minimum absolute atomic E-state index is 0.0804. The molecule has 1 aromatic rings. The third kappa shape index (κ3) is 5.38. The summed E-state index contributed by atoms with van der Waals surface area (Å²) in [6.07, 6.45) is 1.96. The molecule has 144 valence electrons. The zero-order chi connectivity index (χ0) is 18.9. The Labute approximate surface area is 156 Å². The van der Waals surface area contributed by atoms with Gasteiger partial charge in [0.2, 0.25) is 0 Å². The molecule has 6 heteroatoms. The summed E-state index contributed by atoms with van der Waals surface area (Å²) in [6, 6.07) is 8.16. The summed E-state index contributed by atoms with van der Waals surface area (Å²) in [4.78, 5) is 18.8. The van der Waals surface area contributed by atoms with Crippen molar-refractivity contribution in [2.24, 2.45) is 16.8 Å². The standard InChI is InChI=1S/C20H31N3O3/c1-5-21-20(23-13-15(2)18(14-23)19(24)26-4)22-12-6-7-16-8-10-17(25-3)11-9-16/h8-11,15,18H,5-7,12-14H2,1-4H3,(H,21,22). The van der Waals surface area contributed by atoms with Crippen molar-refractivity contribution in [2.75, 3.05) is 40.4 Å². The van der Waals surface area contributed by atoms with Gasteiger partial charge in [0, 0.05) is 26.2 Å². The molecule has 0 saturated carbocycles. The van der Waals surface area contributed by atoms with Crippen LogP contribution in [0.1, 0.15) is 25.8 Å². The molecule has 1 heterocycles. The summed E-state index contributed by atoms with van der Waals surface area (Å²) in [6.45, 7) is 7.20. The van der Waals surface area contributed by atoms with E-state index in [4.69, 9.17) is 14.5 Å². The summed E-state index contributed by atoms with van der Waals surface area (Å²) in [7, 11) is 3.13. The number of rotatable bonds is 7. The van der Waals surface area contributed by atoms with E-state index in [1.165, 1.54) is 12.7 Å². The Hall–Kier alpha value is -2.24. The number of aryl methyl sites for hydroxylation is 1. The molecule has 6 nitrogen and oxygen atoms in total. The highest BCUT2D eigenvalue weighted by molar-refractivity contribution is 5.82. The van der Waals surface area contributed by atoms with Gasteiger partial charge in [-0.05, 0) is 43.4 Å². The lowest BCUT2D eigenvalue weighted by atomic mass is 9.99. The van der Waals surface area contributed by atoms with Crippen LogP contribution in [-0.2, 0) is 16.0 Å². The second-order valence-electron chi connectivity index (χ2n) is 6.70. The van der Waals surface area contributed by atoms with E-state index < -0.39 is 0 Å². The summed E-state index contributed by atoms with van der Waals surface area (Å²) >= 11 is 0. The van der Waals surface area contributed by atoms with E-state index in [0.29, 0.717) is 6.54 Å². The van der Waals surface area contributed by atoms with E-state index in [1.807, 2.05) is 12.1 Å². The zero-order valence-electron chi connectivity index (χ0n) is 16.3. The number of carbonyl (C=O) groups excluding carboxylic acids is 1. The molecular formula is C20H31N3O3. The molecule has 1 aliphatic rings. The number of hydrogen-bond acceptors (Lipinski definition) is 4. The highest BCUT2D eigenvalue weighted by Gasteiger charge is 2.36. The quantitative estimate of drug-likeness (QED) is 0.350. The highest BCUT2D eigenvalue weighted by Crippen LogP contribution is 2.24. The molecule has 1 aromatic carbocycles. The van der Waals surface area contributed by atoms with Crippen LogP contribution in [0.5, 0.6) is 5.75 Å². The lowest BCUT2D eigenvalue weighted by Gasteiger charge is -2.21. The summed E-state index contributed by atoms with van der Waals surface area (Å²) in [5.74, 6) is 1.83. The number of likely N-dealkylation sites (tertiary alicyclic amines) is 1. The largest absolute Gasteiger partial charge is 0.497 e. The van der Waals surface area contributed by atoms with E-state index in [-0.39, 0.29) is 17.8 Å². The average Bonchev–Trinajstić information content (AvgIpc) is 3.05. The molecule has 0 aromatic heterocycles. The normalized spacial score (nSPS) is 20.2. The first-order chi connectivity index (χ1) is 12.6. The Bertz CT molecular complexity index is 601. The van der Waals surface area contributed by atoms with Crippen molar-refractivity contribution in [3.63, 3.8) is 0 Å². The molecule has 1 N–H and O–H groups in total. The first-order valence-electron chi connectivity index (χ1n) is 9.33. The molecule has 26 heavy (non-hydrogen) atoms. The van der Waals surface area contributed by atoms with Crippen LogP contribution < -0.4 is 10.1 Å². The maximum absolute atomic E-state index is 11.9. The van der Waals surface area contributed by atoms with Gasteiger partial charge in [-0.15, -0.1) is 0 Å². The van der Waals surface area contributed by atoms with Gasteiger partial charge in [0.05, 0.1) is 20.1 Å². The van der Waals surface area contributed by atoms with Crippen molar-refractivity contribution in [1.82, 2.24) is 10.2 Å². The van der Waals surface area contributed by atoms with Gasteiger partial charge >= 0.3 is 5.97 Å². The molecule has 0 aliphatic carbocycles. The third-order valence-electron chi connectivity index (χ3n) is 4.79. The molecule has 0 spiro atoms. The number of esters is 1. The van der Waals surface area contributed by atoms with Crippen LogP contribution in [0.2, 0.25) is 0 Å². The Morgan fingerprint density at radius 1 is 1.27 bits per heavy atom. The van der Waals surface area contributed by atoms with E-state index in [2.05, 4.69) is 36.2 Å². The fourth-order valence-electron chi connectivity index (χ4n) is 3.28. The predicted molar refractivity (Wildman–Crippen MR) is 104 cm³/mol. The van der Waals surface area contributed by atoms with E-state index in [0.717, 1.165) is 44.2 Å². The number of benzene rings is 1. The molecule has 2 rings (SSSR count). The van der Waals surface area contributed by atoms with Gasteiger partial charge in [-0.3, -0.25) is 9.79 Å². The van der Waals surface area contributed by atoms with Crippen LogP contribution in [0, 0.1) is 11.8 Å². The smallest absolute Gasteiger partial charge is 0.310 e. The van der Waals surface area contributed by atoms with E-state index >= 15 is 0 Å². The molecule has 2 unspecified atom stereocenters. The van der Waals surface area contributed by atoms with Gasteiger partial charge in [-0.2, -0.15) is 0 Å². The highest BCUT2D eigenvalue weighted by atomic mass is 16.5. The minimum atomic E-state index is -0.129. The average molecular weight is 361 g/mol. The zero-order valence-corrected chi connectivity index (χ0v) is 16.3. The predicted octanol–water partition coefficient (Wildman–Crippen LogP) is 2.33. The molecular weight excluding hydrogens is 330 g/mol. The lowest BCUT2D eigenvalue weighted by molar-refractivity contribution is -0.145. The van der Waals surface area contributed by atoms with Crippen molar-refractivity contribution in [1.29, 1.82) is 0 Å². The number of hydrogen-bond donors (Lipinski definition) is 1. The van der Waals surface area contributed by atoms with Gasteiger partial charge in [0.1, 0.15) is 5.75 Å². The lowest BCUT2D eigenvalue weighted by Crippen LogP contribution is -2.40. The SMILES string of the molecule is CCNC(=NCCCc1ccc(OC)cc1)N1CC(C)C(C(=O)OC)C1. The first kappa shape index (κ1) is 20.1. The summed E-state index contributed by atoms with van der Waals surface area (Å²) in [5, 5.41) is 3.34. The van der Waals surface area contributed by atoms with E-state index in [9.17, 15) is 4.79 Å². The van der Waals surface area contributed by atoms with Crippen LogP contribution in [-0.4, -0.2) is 57.2 Å². The Morgan fingerprint density at radius 3 is 2.62 bits per heavy atom. The van der Waals surface area contributed by atoms with Gasteiger partial charge < -0.3 is 19.7 Å². The van der Waals surface area contributed by atoms with Crippen molar-refractivity contribution in [3.8, 4) is 5.75 Å². The minimum Gasteiger partial charge on any atom is -0.497 e. The molecule has 0 radical (unpaired) electrons. The number of carbonyl (C=O) groups is 1. The first-order valence-corrected chi connectivity index (χ1v) is 9.33. The molecule has 0 bridgehead atoms. The Kier molecular flexibility index (Phi) is 7.75. The fraction of sp³-hybridized carbons (Fsp3) is 0.600. The molecule has 1 fully saturated rings. The molecule has 1 aliphatic heterocycles. The second kappa shape index (κ2) is 10.0. The number of methoxy groups -OCH3 is 2. The van der Waals surface area contributed by atoms with Crippen LogP contribution in [0.4, 0.5) is 0 Å². The monoisotopic (exact) mass is 361 g/mol.